The van der Waals surface area contributed by atoms with Crippen LogP contribution in [0.2, 0.25) is 0 Å². The summed E-state index contributed by atoms with van der Waals surface area (Å²) < 4.78 is 72.2. The van der Waals surface area contributed by atoms with Crippen molar-refractivity contribution in [1.29, 1.82) is 0 Å². The third-order valence-electron chi connectivity index (χ3n) is 5.31. The van der Waals surface area contributed by atoms with Crippen molar-refractivity contribution in [3.8, 4) is 11.1 Å². The van der Waals surface area contributed by atoms with Gasteiger partial charge in [-0.15, -0.1) is 0 Å². The molecule has 2 nitrogen and oxygen atoms in total. The van der Waals surface area contributed by atoms with Gasteiger partial charge in [0.1, 0.15) is 29.3 Å². The van der Waals surface area contributed by atoms with Crippen LogP contribution in [0.1, 0.15) is 35.2 Å². The third-order valence-corrected chi connectivity index (χ3v) is 5.31. The maximum absolute atomic E-state index is 14.1. The Morgan fingerprint density at radius 3 is 2.06 bits per heavy atom. The Balaban J connectivity index is 1.64. The van der Waals surface area contributed by atoms with Crippen LogP contribution in [0.3, 0.4) is 0 Å². The van der Waals surface area contributed by atoms with Gasteiger partial charge in [-0.25, -0.2) is 13.8 Å². The number of hydrogen-bond donors (Lipinski definition) is 0. The predicted octanol–water partition coefficient (Wildman–Crippen LogP) is 6.87. The molecule has 0 saturated carbocycles. The van der Waals surface area contributed by atoms with Crippen molar-refractivity contribution in [2.24, 2.45) is 4.99 Å². The van der Waals surface area contributed by atoms with Crippen LogP contribution in [0.5, 0.6) is 0 Å². The van der Waals surface area contributed by atoms with Gasteiger partial charge < -0.3 is 4.74 Å². The van der Waals surface area contributed by atoms with Crippen molar-refractivity contribution in [2.75, 3.05) is 0 Å². The summed E-state index contributed by atoms with van der Waals surface area (Å²) in [6.45, 7) is 3.62. The fraction of sp³-hybridized carbons (Fsp3) is 0.208. The topological polar surface area (TPSA) is 21.6 Å². The van der Waals surface area contributed by atoms with E-state index in [9.17, 15) is 22.0 Å². The van der Waals surface area contributed by atoms with Gasteiger partial charge in [0.25, 0.3) is 0 Å². The Morgan fingerprint density at radius 1 is 0.871 bits per heavy atom. The van der Waals surface area contributed by atoms with Gasteiger partial charge in [-0.3, -0.25) is 0 Å². The van der Waals surface area contributed by atoms with E-state index < -0.39 is 35.5 Å². The van der Waals surface area contributed by atoms with E-state index in [0.717, 1.165) is 41.0 Å². The van der Waals surface area contributed by atoms with Crippen LogP contribution in [0.4, 0.5) is 22.0 Å². The molecule has 0 spiro atoms. The minimum atomic E-state index is -4.38. The molecule has 0 aliphatic carbocycles. The second-order valence-corrected chi connectivity index (χ2v) is 7.45. The number of alkyl halides is 3. The van der Waals surface area contributed by atoms with E-state index in [1.807, 2.05) is 19.1 Å². The van der Waals surface area contributed by atoms with Crippen molar-refractivity contribution in [3.05, 3.63) is 94.6 Å². The summed E-state index contributed by atoms with van der Waals surface area (Å²) in [5, 5.41) is 0. The van der Waals surface area contributed by atoms with Gasteiger partial charge in [0.15, 0.2) is 0 Å². The Bertz CT molecular complexity index is 1130. The minimum absolute atomic E-state index is 0.0840. The number of aryl methyl sites for hydroxylation is 1. The summed E-state index contributed by atoms with van der Waals surface area (Å²) in [5.74, 6) is -1.58. The number of benzene rings is 3. The van der Waals surface area contributed by atoms with Crippen LogP contribution in [-0.4, -0.2) is 12.0 Å². The molecule has 3 aromatic carbocycles. The summed E-state index contributed by atoms with van der Waals surface area (Å²) in [4.78, 5) is 4.42. The van der Waals surface area contributed by atoms with Gasteiger partial charge in [0.05, 0.1) is 5.56 Å². The second-order valence-electron chi connectivity index (χ2n) is 7.45. The van der Waals surface area contributed by atoms with Gasteiger partial charge in [0.2, 0.25) is 5.90 Å². The molecule has 1 aliphatic rings. The molecule has 0 radical (unpaired) electrons. The van der Waals surface area contributed by atoms with Crippen LogP contribution in [-0.2, 0) is 10.9 Å². The first kappa shape index (κ1) is 21.0. The molecule has 0 N–H and O–H groups in total. The molecule has 1 heterocycles. The lowest BCUT2D eigenvalue weighted by Crippen LogP contribution is -2.14. The molecule has 0 fully saturated rings. The first-order valence-corrected chi connectivity index (χ1v) is 9.62. The van der Waals surface area contributed by atoms with Crippen molar-refractivity contribution in [3.63, 3.8) is 0 Å². The van der Waals surface area contributed by atoms with E-state index in [0.29, 0.717) is 5.56 Å². The van der Waals surface area contributed by atoms with Crippen molar-refractivity contribution in [2.45, 2.75) is 32.2 Å². The van der Waals surface area contributed by atoms with Crippen LogP contribution in [0.25, 0.3) is 11.1 Å². The molecular formula is C24H18F5NO. The van der Waals surface area contributed by atoms with Gasteiger partial charge in [-0.1, -0.05) is 36.4 Å². The van der Waals surface area contributed by atoms with E-state index in [2.05, 4.69) is 4.99 Å². The normalized spacial score (nSPS) is 18.6. The number of nitrogens with zero attached hydrogens (tertiary/aromatic N) is 1. The Hall–Kier alpha value is -3.22. The van der Waals surface area contributed by atoms with E-state index in [4.69, 9.17) is 4.74 Å². The monoisotopic (exact) mass is 431 g/mol. The van der Waals surface area contributed by atoms with Crippen molar-refractivity contribution < 1.29 is 26.7 Å². The van der Waals surface area contributed by atoms with E-state index in [-0.39, 0.29) is 11.5 Å². The summed E-state index contributed by atoms with van der Waals surface area (Å²) in [6, 6.07) is 13.5. The first-order chi connectivity index (χ1) is 14.6. The zero-order valence-electron chi connectivity index (χ0n) is 16.7. The Kier molecular flexibility index (Phi) is 5.29. The zero-order chi connectivity index (χ0) is 22.3. The van der Waals surface area contributed by atoms with Crippen molar-refractivity contribution in [1.82, 2.24) is 0 Å². The molecule has 0 aromatic heterocycles. The SMILES string of the molecule is Cc1cc(-c2ccc(C(F)(F)F)cc2)ccc1[C@H]1N=C(c2c(F)cccc2F)O[C@@H]1C. The van der Waals surface area contributed by atoms with Gasteiger partial charge in [-0.05, 0) is 60.4 Å². The Labute approximate surface area is 176 Å². The molecule has 4 rings (SSSR count). The van der Waals surface area contributed by atoms with Crippen LogP contribution < -0.4 is 0 Å². The summed E-state index contributed by atoms with van der Waals surface area (Å²) >= 11 is 0. The highest BCUT2D eigenvalue weighted by Gasteiger charge is 2.33. The summed E-state index contributed by atoms with van der Waals surface area (Å²) in [5.41, 5.74) is 2.06. The number of aliphatic imine (C=N–C) groups is 1. The van der Waals surface area contributed by atoms with Gasteiger partial charge >= 0.3 is 6.18 Å². The summed E-state index contributed by atoms with van der Waals surface area (Å²) in [6.07, 6.45) is -4.82. The average Bonchev–Trinajstić information content (AvgIpc) is 3.08. The standard InChI is InChI=1S/C24H18F5NO/c1-13-12-16(15-6-9-17(10-7-15)24(27,28)29)8-11-18(13)22-14(2)31-23(30-22)21-19(25)4-3-5-20(21)26/h3-12,14,22H,1-2H3/t14-,22+/m1/s1. The highest BCUT2D eigenvalue weighted by atomic mass is 19.4. The quantitative estimate of drug-likeness (QED) is 0.415. The maximum atomic E-state index is 14.1. The van der Waals surface area contributed by atoms with E-state index in [1.165, 1.54) is 18.2 Å². The average molecular weight is 431 g/mol. The highest BCUT2D eigenvalue weighted by molar-refractivity contribution is 5.96. The molecule has 7 heteroatoms. The lowest BCUT2D eigenvalue weighted by molar-refractivity contribution is -0.137. The largest absolute Gasteiger partial charge is 0.472 e. The number of halogens is 5. The van der Waals surface area contributed by atoms with E-state index >= 15 is 0 Å². The van der Waals surface area contributed by atoms with Crippen LogP contribution in [0, 0.1) is 18.6 Å². The maximum Gasteiger partial charge on any atom is 0.416 e. The molecule has 160 valence electrons. The molecule has 0 bridgehead atoms. The second kappa shape index (κ2) is 7.80. The number of ether oxygens (including phenoxy) is 1. The van der Waals surface area contributed by atoms with Gasteiger partial charge in [-0.2, -0.15) is 13.2 Å². The summed E-state index contributed by atoms with van der Waals surface area (Å²) in [7, 11) is 0. The van der Waals surface area contributed by atoms with Crippen LogP contribution in [0.15, 0.2) is 65.7 Å². The first-order valence-electron chi connectivity index (χ1n) is 9.62. The number of rotatable bonds is 3. The molecule has 0 amide bonds. The molecule has 1 aliphatic heterocycles. The smallest absolute Gasteiger partial charge is 0.416 e. The fourth-order valence-corrected chi connectivity index (χ4v) is 3.69. The van der Waals surface area contributed by atoms with Crippen LogP contribution >= 0.6 is 0 Å². The lowest BCUT2D eigenvalue weighted by atomic mass is 9.94. The highest BCUT2D eigenvalue weighted by Crippen LogP contribution is 2.36. The zero-order valence-corrected chi connectivity index (χ0v) is 16.7. The molecular weight excluding hydrogens is 413 g/mol. The molecule has 2 atom stereocenters. The Morgan fingerprint density at radius 2 is 1.48 bits per heavy atom. The third kappa shape index (κ3) is 4.04. The predicted molar refractivity (Wildman–Crippen MR) is 108 cm³/mol. The fourth-order valence-electron chi connectivity index (χ4n) is 3.69. The van der Waals surface area contributed by atoms with Crippen molar-refractivity contribution >= 4 is 5.90 Å². The minimum Gasteiger partial charge on any atom is -0.472 e. The van der Waals surface area contributed by atoms with Gasteiger partial charge in [0, 0.05) is 0 Å². The molecule has 0 saturated heterocycles. The molecule has 3 aromatic rings. The molecule has 0 unspecified atom stereocenters. The van der Waals surface area contributed by atoms with E-state index in [1.54, 1.807) is 13.0 Å². The lowest BCUT2D eigenvalue weighted by Gasteiger charge is -2.16. The molecule has 31 heavy (non-hydrogen) atoms. The number of hydrogen-bond acceptors (Lipinski definition) is 2.